The van der Waals surface area contributed by atoms with E-state index in [0.29, 0.717) is 23.0 Å². The summed E-state index contributed by atoms with van der Waals surface area (Å²) < 4.78 is 38.9. The molecule has 4 rings (SSSR count). The van der Waals surface area contributed by atoms with E-state index >= 15 is 0 Å². The van der Waals surface area contributed by atoms with E-state index in [4.69, 9.17) is 0 Å². The second-order valence-electron chi connectivity index (χ2n) is 7.81. The number of halogens is 1. The van der Waals surface area contributed by atoms with Gasteiger partial charge in [-0.1, -0.05) is 6.42 Å². The number of nitrogens with one attached hydrogen (secondary N) is 1. The Morgan fingerprint density at radius 1 is 1.22 bits per heavy atom. The number of aromatic nitrogens is 1. The van der Waals surface area contributed by atoms with Gasteiger partial charge in [-0.25, -0.2) is 16.8 Å². The molecule has 0 radical (unpaired) electrons. The number of nitrogens with zero attached hydrogens (tertiary/aromatic N) is 2. The highest BCUT2D eigenvalue weighted by Gasteiger charge is 2.36. The molecule has 6 nitrogen and oxygen atoms in total. The zero-order valence-electron chi connectivity index (χ0n) is 15.5. The Morgan fingerprint density at radius 2 is 1.89 bits per heavy atom. The lowest BCUT2D eigenvalue weighted by molar-refractivity contribution is 0.0463. The standard InChI is InChI=1S/C19H24FN3O3S/c1-22-14-4-3-5-15(22)10-13(9-14)21-19(24)17-11-23(27(2,25)26)18-7-6-12(20)8-16(17)18/h6-8,11,13-15H,3-5,9-10H2,1-2H3,(H,21,24)/t13?,14-,15+. The van der Waals surface area contributed by atoms with Gasteiger partial charge >= 0.3 is 0 Å². The number of piperidine rings is 2. The molecular formula is C19H24FN3O3S. The molecule has 2 aromatic rings. The van der Waals surface area contributed by atoms with Crippen LogP contribution in [0.25, 0.3) is 10.9 Å². The van der Waals surface area contributed by atoms with Gasteiger partial charge in [-0.05, 0) is 50.9 Å². The van der Waals surface area contributed by atoms with Crippen molar-refractivity contribution in [3.05, 3.63) is 35.8 Å². The third-order valence-corrected chi connectivity index (χ3v) is 7.03. The third-order valence-electron chi connectivity index (χ3n) is 6.01. The van der Waals surface area contributed by atoms with Gasteiger partial charge in [0.1, 0.15) is 5.82 Å². The van der Waals surface area contributed by atoms with Gasteiger partial charge in [-0.15, -0.1) is 0 Å². The summed E-state index contributed by atoms with van der Waals surface area (Å²) >= 11 is 0. The van der Waals surface area contributed by atoms with Crippen molar-refractivity contribution in [3.63, 3.8) is 0 Å². The van der Waals surface area contributed by atoms with Crippen molar-refractivity contribution in [2.24, 2.45) is 0 Å². The van der Waals surface area contributed by atoms with E-state index in [0.717, 1.165) is 35.9 Å². The summed E-state index contributed by atoms with van der Waals surface area (Å²) in [4.78, 5) is 15.3. The molecule has 1 amide bonds. The van der Waals surface area contributed by atoms with Gasteiger partial charge in [0.25, 0.3) is 5.91 Å². The van der Waals surface area contributed by atoms with Crippen molar-refractivity contribution in [3.8, 4) is 0 Å². The van der Waals surface area contributed by atoms with Gasteiger partial charge in [0, 0.05) is 29.7 Å². The molecule has 2 fully saturated rings. The molecule has 27 heavy (non-hydrogen) atoms. The van der Waals surface area contributed by atoms with Gasteiger partial charge in [0.15, 0.2) is 0 Å². The molecule has 0 saturated carbocycles. The normalized spacial score (nSPS) is 26.3. The van der Waals surface area contributed by atoms with Crippen LogP contribution < -0.4 is 5.32 Å². The number of hydrogen-bond donors (Lipinski definition) is 1. The monoisotopic (exact) mass is 393 g/mol. The molecule has 2 aliphatic heterocycles. The number of carbonyl (C=O) groups excluding carboxylic acids is 1. The fourth-order valence-electron chi connectivity index (χ4n) is 4.62. The molecule has 1 N–H and O–H groups in total. The van der Waals surface area contributed by atoms with Crippen LogP contribution in [0.3, 0.4) is 0 Å². The number of rotatable bonds is 3. The minimum atomic E-state index is -3.60. The van der Waals surface area contributed by atoms with E-state index in [9.17, 15) is 17.6 Å². The van der Waals surface area contributed by atoms with Crippen LogP contribution in [0, 0.1) is 5.82 Å². The maximum absolute atomic E-state index is 13.7. The number of hydrogen-bond acceptors (Lipinski definition) is 4. The Labute approximate surface area is 158 Å². The first-order chi connectivity index (χ1) is 12.7. The van der Waals surface area contributed by atoms with Crippen molar-refractivity contribution >= 4 is 26.8 Å². The van der Waals surface area contributed by atoms with Crippen molar-refractivity contribution in [1.82, 2.24) is 14.2 Å². The smallest absolute Gasteiger partial charge is 0.253 e. The van der Waals surface area contributed by atoms with Gasteiger partial charge in [-0.2, -0.15) is 0 Å². The molecule has 2 bridgehead atoms. The van der Waals surface area contributed by atoms with Gasteiger partial charge in [-0.3, -0.25) is 4.79 Å². The molecule has 2 aliphatic rings. The zero-order chi connectivity index (χ0) is 19.3. The van der Waals surface area contributed by atoms with Crippen LogP contribution >= 0.6 is 0 Å². The van der Waals surface area contributed by atoms with E-state index in [1.54, 1.807) is 0 Å². The Hall–Kier alpha value is -1.93. The van der Waals surface area contributed by atoms with Crippen molar-refractivity contribution < 1.29 is 17.6 Å². The van der Waals surface area contributed by atoms with Crippen molar-refractivity contribution in [1.29, 1.82) is 0 Å². The summed E-state index contributed by atoms with van der Waals surface area (Å²) in [5.74, 6) is -0.850. The highest BCUT2D eigenvalue weighted by atomic mass is 32.2. The summed E-state index contributed by atoms with van der Waals surface area (Å²) in [6.45, 7) is 0. The van der Waals surface area contributed by atoms with Crippen LogP contribution in [-0.2, 0) is 10.0 Å². The molecular weight excluding hydrogens is 369 g/mol. The molecule has 1 unspecified atom stereocenters. The molecule has 1 aromatic heterocycles. The van der Waals surface area contributed by atoms with E-state index in [-0.39, 0.29) is 17.5 Å². The van der Waals surface area contributed by atoms with Crippen molar-refractivity contribution in [2.45, 2.75) is 50.2 Å². The summed E-state index contributed by atoms with van der Waals surface area (Å²) in [5, 5.41) is 3.38. The second kappa shape index (κ2) is 6.60. The number of amides is 1. The Morgan fingerprint density at radius 3 is 2.52 bits per heavy atom. The molecule has 8 heteroatoms. The predicted octanol–water partition coefficient (Wildman–Crippen LogP) is 2.33. The lowest BCUT2D eigenvalue weighted by Crippen LogP contribution is -2.55. The minimum Gasteiger partial charge on any atom is -0.349 e. The first kappa shape index (κ1) is 18.4. The van der Waals surface area contributed by atoms with Crippen LogP contribution in [0.2, 0.25) is 0 Å². The van der Waals surface area contributed by atoms with Gasteiger partial charge < -0.3 is 10.2 Å². The first-order valence-electron chi connectivity index (χ1n) is 9.28. The zero-order valence-corrected chi connectivity index (χ0v) is 16.3. The molecule has 146 valence electrons. The molecule has 1 aromatic carbocycles. The number of carbonyl (C=O) groups is 1. The van der Waals surface area contributed by atoms with E-state index in [2.05, 4.69) is 17.3 Å². The SMILES string of the molecule is CN1[C@@H]2CCC[C@H]1CC(NC(=O)c1cn(S(C)(=O)=O)c3ccc(F)cc13)C2. The lowest BCUT2D eigenvalue weighted by Gasteiger charge is -2.47. The summed E-state index contributed by atoms with van der Waals surface area (Å²) in [6, 6.07) is 4.80. The molecule has 0 aliphatic carbocycles. The molecule has 0 spiro atoms. The first-order valence-corrected chi connectivity index (χ1v) is 11.1. The van der Waals surface area contributed by atoms with Crippen molar-refractivity contribution in [2.75, 3.05) is 13.3 Å². The average molecular weight is 393 g/mol. The maximum atomic E-state index is 13.7. The summed E-state index contributed by atoms with van der Waals surface area (Å²) in [7, 11) is -1.45. The number of fused-ring (bicyclic) bond motifs is 3. The Kier molecular flexibility index (Phi) is 4.50. The fourth-order valence-corrected chi connectivity index (χ4v) is 5.44. The summed E-state index contributed by atoms with van der Waals surface area (Å²) in [6.07, 6.45) is 7.63. The van der Waals surface area contributed by atoms with Crippen LogP contribution in [0.15, 0.2) is 24.4 Å². The largest absolute Gasteiger partial charge is 0.349 e. The van der Waals surface area contributed by atoms with Gasteiger partial charge in [0.05, 0.1) is 17.3 Å². The molecule has 3 atom stereocenters. The van der Waals surface area contributed by atoms with Crippen LogP contribution in [-0.4, -0.2) is 54.6 Å². The second-order valence-corrected chi connectivity index (χ2v) is 9.67. The topological polar surface area (TPSA) is 71.4 Å². The number of benzene rings is 1. The Bertz CT molecular complexity index is 987. The Balaban J connectivity index is 1.64. The quantitative estimate of drug-likeness (QED) is 0.869. The lowest BCUT2D eigenvalue weighted by atomic mass is 9.82. The van der Waals surface area contributed by atoms with Crippen LogP contribution in [0.4, 0.5) is 4.39 Å². The maximum Gasteiger partial charge on any atom is 0.253 e. The molecule has 2 saturated heterocycles. The molecule has 3 heterocycles. The average Bonchev–Trinajstić information content (AvgIpc) is 2.94. The van der Waals surface area contributed by atoms with E-state index < -0.39 is 15.8 Å². The fraction of sp³-hybridized carbons (Fsp3) is 0.526. The summed E-state index contributed by atoms with van der Waals surface area (Å²) in [5.41, 5.74) is 0.503. The van der Waals surface area contributed by atoms with E-state index in [1.165, 1.54) is 30.8 Å². The third kappa shape index (κ3) is 3.36. The highest BCUT2D eigenvalue weighted by molar-refractivity contribution is 7.89. The highest BCUT2D eigenvalue weighted by Crippen LogP contribution is 2.33. The predicted molar refractivity (Wildman–Crippen MR) is 102 cm³/mol. The van der Waals surface area contributed by atoms with E-state index in [1.807, 2.05) is 0 Å². The minimum absolute atomic E-state index is 0.0502. The van der Waals surface area contributed by atoms with Crippen LogP contribution in [0.5, 0.6) is 0 Å². The van der Waals surface area contributed by atoms with Gasteiger partial charge in [0.2, 0.25) is 10.0 Å². The van der Waals surface area contributed by atoms with Crippen LogP contribution in [0.1, 0.15) is 42.5 Å².